The Morgan fingerprint density at radius 3 is 2.15 bits per heavy atom. The summed E-state index contributed by atoms with van der Waals surface area (Å²) < 4.78 is 4.90. The minimum absolute atomic E-state index is 0.0787. The molecule has 1 N–H and O–H groups in total. The van der Waals surface area contributed by atoms with Crippen LogP contribution in [0, 0.1) is 0 Å². The summed E-state index contributed by atoms with van der Waals surface area (Å²) in [6.07, 6.45) is -0.364. The molecule has 1 unspecified atom stereocenters. The van der Waals surface area contributed by atoms with E-state index in [9.17, 15) is 4.79 Å². The van der Waals surface area contributed by atoms with Crippen LogP contribution in [0.4, 0.5) is 4.79 Å². The molecule has 0 aromatic heterocycles. The maximum absolute atomic E-state index is 10.4. The Morgan fingerprint density at radius 1 is 1.46 bits per heavy atom. The molecule has 1 atom stereocenters. The van der Waals surface area contributed by atoms with Crippen LogP contribution in [0.2, 0.25) is 18.6 Å². The van der Waals surface area contributed by atoms with E-state index in [1.807, 2.05) is 6.92 Å². The van der Waals surface area contributed by atoms with Gasteiger partial charge in [-0.2, -0.15) is 0 Å². The lowest BCUT2D eigenvalue weighted by molar-refractivity contribution is 0.0743. The highest BCUT2D eigenvalue weighted by Crippen LogP contribution is 2.27. The zero-order valence-electron chi connectivity index (χ0n) is 9.13. The zero-order valence-corrected chi connectivity index (χ0v) is 10.1. The van der Waals surface area contributed by atoms with Crippen molar-refractivity contribution in [2.24, 2.45) is 0 Å². The van der Waals surface area contributed by atoms with Gasteiger partial charge in [-0.25, -0.2) is 4.79 Å². The average Bonchev–Trinajstić information content (AvgIpc) is 1.99. The summed E-state index contributed by atoms with van der Waals surface area (Å²) in [4.78, 5) is 10.4. The van der Waals surface area contributed by atoms with Crippen molar-refractivity contribution in [3.05, 3.63) is 0 Å². The van der Waals surface area contributed by atoms with Crippen LogP contribution < -0.4 is 0 Å². The molecule has 0 spiro atoms. The molecule has 3 nitrogen and oxygen atoms in total. The maximum atomic E-state index is 10.4. The van der Waals surface area contributed by atoms with Crippen molar-refractivity contribution in [2.75, 3.05) is 0 Å². The molecule has 0 saturated heterocycles. The fourth-order valence-electron chi connectivity index (χ4n) is 1.25. The first-order valence-corrected chi connectivity index (χ1v) is 7.87. The van der Waals surface area contributed by atoms with Gasteiger partial charge >= 0.3 is 6.16 Å². The Morgan fingerprint density at radius 2 is 1.92 bits per heavy atom. The van der Waals surface area contributed by atoms with Crippen molar-refractivity contribution in [1.29, 1.82) is 0 Å². The van der Waals surface area contributed by atoms with Gasteiger partial charge in [0.2, 0.25) is 0 Å². The molecule has 0 aromatic rings. The molecule has 4 heteroatoms. The molecule has 0 amide bonds. The first-order valence-electron chi connectivity index (χ1n) is 4.71. The lowest BCUT2D eigenvalue weighted by atomic mass is 10.5. The molecule has 78 valence electrons. The summed E-state index contributed by atoms with van der Waals surface area (Å²) in [5.74, 6) is 0. The Hall–Kier alpha value is -0.513. The lowest BCUT2D eigenvalue weighted by Crippen LogP contribution is -2.46. The third-order valence-electron chi connectivity index (χ3n) is 2.93. The van der Waals surface area contributed by atoms with E-state index in [2.05, 4.69) is 26.9 Å². The van der Waals surface area contributed by atoms with Crippen LogP contribution >= 0.6 is 0 Å². The fourth-order valence-corrected chi connectivity index (χ4v) is 3.46. The van der Waals surface area contributed by atoms with E-state index in [1.165, 1.54) is 0 Å². The van der Waals surface area contributed by atoms with Crippen LogP contribution in [0.1, 0.15) is 27.2 Å². The molecule has 0 saturated carbocycles. The fraction of sp³-hybridized carbons (Fsp3) is 0.889. The number of carbonyl (C=O) groups is 1. The van der Waals surface area contributed by atoms with Crippen molar-refractivity contribution < 1.29 is 14.6 Å². The Bertz CT molecular complexity index is 178. The monoisotopic (exact) mass is 204 g/mol. The zero-order chi connectivity index (χ0) is 10.6. The Labute approximate surface area is 81.1 Å². The van der Waals surface area contributed by atoms with Gasteiger partial charge in [0.15, 0.2) is 0 Å². The lowest BCUT2D eigenvalue weighted by Gasteiger charge is -2.33. The highest BCUT2D eigenvalue weighted by Gasteiger charge is 2.36. The SMILES string of the molecule is CCC(OC(=O)O)[Si](C)(C)C(C)C. The molecular weight excluding hydrogens is 184 g/mol. The van der Waals surface area contributed by atoms with Gasteiger partial charge in [-0.05, 0) is 12.0 Å². The average molecular weight is 204 g/mol. The largest absolute Gasteiger partial charge is 0.505 e. The molecule has 0 aliphatic rings. The number of hydrogen-bond acceptors (Lipinski definition) is 2. The van der Waals surface area contributed by atoms with Gasteiger partial charge in [-0.1, -0.05) is 33.9 Å². The molecule has 0 rings (SSSR count). The van der Waals surface area contributed by atoms with E-state index >= 15 is 0 Å². The molecule has 0 aromatic carbocycles. The second-order valence-corrected chi connectivity index (χ2v) is 9.70. The topological polar surface area (TPSA) is 46.5 Å². The predicted molar refractivity (Wildman–Crippen MR) is 55.8 cm³/mol. The van der Waals surface area contributed by atoms with Crippen molar-refractivity contribution in [3.8, 4) is 0 Å². The van der Waals surface area contributed by atoms with Crippen LogP contribution in [0.3, 0.4) is 0 Å². The molecule has 0 aliphatic heterocycles. The summed E-state index contributed by atoms with van der Waals surface area (Å²) in [5, 5.41) is 8.56. The smallest absolute Gasteiger partial charge is 0.450 e. The van der Waals surface area contributed by atoms with Crippen LogP contribution in [0.15, 0.2) is 0 Å². The van der Waals surface area contributed by atoms with E-state index < -0.39 is 14.2 Å². The number of carboxylic acid groups (broad SMARTS) is 1. The van der Waals surface area contributed by atoms with Crippen molar-refractivity contribution in [3.63, 3.8) is 0 Å². The summed E-state index contributed by atoms with van der Waals surface area (Å²) in [5.41, 5.74) is 0.460. The summed E-state index contributed by atoms with van der Waals surface area (Å²) >= 11 is 0. The first-order chi connectivity index (χ1) is 5.82. The molecule has 0 bridgehead atoms. The quantitative estimate of drug-likeness (QED) is 0.565. The first kappa shape index (κ1) is 12.5. The van der Waals surface area contributed by atoms with Crippen molar-refractivity contribution in [1.82, 2.24) is 0 Å². The predicted octanol–water partition coefficient (Wildman–Crippen LogP) is 3.12. The standard InChI is InChI=1S/C9H20O3Si/c1-6-8(12-9(10)11)13(4,5)7(2)3/h7-8H,6H2,1-5H3,(H,10,11). The third-order valence-corrected chi connectivity index (χ3v) is 8.09. The summed E-state index contributed by atoms with van der Waals surface area (Å²) in [6.45, 7) is 10.6. The Kier molecular flexibility index (Phi) is 4.46. The van der Waals surface area contributed by atoms with Gasteiger partial charge in [0.05, 0.1) is 13.8 Å². The van der Waals surface area contributed by atoms with Crippen LogP contribution in [0.25, 0.3) is 0 Å². The number of ether oxygens (including phenoxy) is 1. The second-order valence-electron chi connectivity index (χ2n) is 4.26. The minimum Gasteiger partial charge on any atom is -0.450 e. The molecule has 0 radical (unpaired) electrons. The van der Waals surface area contributed by atoms with E-state index in [0.29, 0.717) is 5.54 Å². The second kappa shape index (κ2) is 4.65. The Balaban J connectivity index is 4.46. The highest BCUT2D eigenvalue weighted by atomic mass is 28.3. The van der Waals surface area contributed by atoms with Gasteiger partial charge in [-0.3, -0.25) is 0 Å². The van der Waals surface area contributed by atoms with E-state index in [1.54, 1.807) is 0 Å². The van der Waals surface area contributed by atoms with Crippen LogP contribution in [-0.4, -0.2) is 25.1 Å². The summed E-state index contributed by atoms with van der Waals surface area (Å²) in [6, 6.07) is 0. The molecule has 0 heterocycles. The molecule has 13 heavy (non-hydrogen) atoms. The van der Waals surface area contributed by atoms with E-state index in [0.717, 1.165) is 6.42 Å². The minimum atomic E-state index is -1.58. The van der Waals surface area contributed by atoms with Gasteiger partial charge in [0, 0.05) is 0 Å². The van der Waals surface area contributed by atoms with Crippen molar-refractivity contribution >= 4 is 14.2 Å². The van der Waals surface area contributed by atoms with Gasteiger partial charge in [0.1, 0.15) is 0 Å². The molecular formula is C9H20O3Si. The van der Waals surface area contributed by atoms with Gasteiger partial charge in [-0.15, -0.1) is 0 Å². The molecule has 0 fully saturated rings. The number of rotatable bonds is 4. The van der Waals surface area contributed by atoms with Gasteiger partial charge in [0.25, 0.3) is 0 Å². The van der Waals surface area contributed by atoms with E-state index in [-0.39, 0.29) is 5.73 Å². The van der Waals surface area contributed by atoms with Gasteiger partial charge < -0.3 is 9.84 Å². The third kappa shape index (κ3) is 3.38. The number of hydrogen-bond donors (Lipinski definition) is 1. The highest BCUT2D eigenvalue weighted by molar-refractivity contribution is 6.79. The normalized spacial score (nSPS) is 14.3. The van der Waals surface area contributed by atoms with Crippen LogP contribution in [0.5, 0.6) is 0 Å². The molecule has 0 aliphatic carbocycles. The summed E-state index contributed by atoms with van der Waals surface area (Å²) in [7, 11) is -1.58. The maximum Gasteiger partial charge on any atom is 0.505 e. The van der Waals surface area contributed by atoms with Crippen molar-refractivity contribution in [2.45, 2.75) is 51.6 Å². The van der Waals surface area contributed by atoms with Crippen LogP contribution in [-0.2, 0) is 4.74 Å². The van der Waals surface area contributed by atoms with E-state index in [4.69, 9.17) is 9.84 Å².